The van der Waals surface area contributed by atoms with Crippen LogP contribution in [0.15, 0.2) is 24.6 Å². The third kappa shape index (κ3) is 8.67. The summed E-state index contributed by atoms with van der Waals surface area (Å²) in [6, 6.07) is 0. The average Bonchev–Trinajstić information content (AvgIpc) is 2.64. The van der Waals surface area contributed by atoms with Crippen LogP contribution in [0.4, 0.5) is 9.59 Å². The molecule has 0 unspecified atom stereocenters. The Balaban J connectivity index is 2.33. The van der Waals surface area contributed by atoms with Gasteiger partial charge in [0.15, 0.2) is 0 Å². The molecular weight excluding hydrogens is 382 g/mol. The van der Waals surface area contributed by atoms with Crippen LogP contribution >= 0.6 is 0 Å². The molecule has 1 rings (SSSR count). The molecule has 162 valence electrons. The van der Waals surface area contributed by atoms with Crippen molar-refractivity contribution >= 4 is 24.1 Å². The number of nitrogens with one attached hydrogen (secondary N) is 2. The molecule has 0 aliphatic carbocycles. The summed E-state index contributed by atoms with van der Waals surface area (Å²) < 4.78 is 14.8. The minimum atomic E-state index is -0.844. The lowest BCUT2D eigenvalue weighted by Gasteiger charge is -2.33. The van der Waals surface area contributed by atoms with E-state index in [0.29, 0.717) is 25.9 Å². The SMILES string of the molecule is C=C(NC(=O)OCC1CCN(C(=O)OC(C)(C)C)CC1)C(=O)NC(=C)C(=O)OC. The van der Waals surface area contributed by atoms with Gasteiger partial charge in [-0.25, -0.2) is 14.4 Å². The van der Waals surface area contributed by atoms with Crippen LogP contribution in [0.5, 0.6) is 0 Å². The number of hydrogen-bond donors (Lipinski definition) is 2. The van der Waals surface area contributed by atoms with Gasteiger partial charge in [-0.05, 0) is 39.5 Å². The van der Waals surface area contributed by atoms with Gasteiger partial charge in [-0.2, -0.15) is 0 Å². The molecule has 1 aliphatic heterocycles. The summed E-state index contributed by atoms with van der Waals surface area (Å²) in [6.07, 6.45) is 0.119. The summed E-state index contributed by atoms with van der Waals surface area (Å²) in [5, 5.41) is 4.33. The molecule has 10 nitrogen and oxygen atoms in total. The fraction of sp³-hybridized carbons (Fsp3) is 0.579. The van der Waals surface area contributed by atoms with Gasteiger partial charge < -0.3 is 24.4 Å². The smallest absolute Gasteiger partial charge is 0.411 e. The van der Waals surface area contributed by atoms with Crippen molar-refractivity contribution in [2.24, 2.45) is 5.92 Å². The van der Waals surface area contributed by atoms with Gasteiger partial charge in [-0.1, -0.05) is 13.2 Å². The van der Waals surface area contributed by atoms with Gasteiger partial charge in [0, 0.05) is 13.1 Å². The fourth-order valence-corrected chi connectivity index (χ4v) is 2.40. The first kappa shape index (κ1) is 24.0. The zero-order valence-corrected chi connectivity index (χ0v) is 17.3. The third-order valence-electron chi connectivity index (χ3n) is 3.94. The van der Waals surface area contributed by atoms with E-state index in [-0.39, 0.29) is 30.0 Å². The Hall–Kier alpha value is -3.04. The molecule has 29 heavy (non-hydrogen) atoms. The Labute approximate surface area is 170 Å². The maximum Gasteiger partial charge on any atom is 0.411 e. The van der Waals surface area contributed by atoms with Crippen LogP contribution in [0.1, 0.15) is 33.6 Å². The van der Waals surface area contributed by atoms with Crippen LogP contribution in [-0.2, 0) is 23.8 Å². The normalized spacial score (nSPS) is 14.4. The van der Waals surface area contributed by atoms with Crippen molar-refractivity contribution in [1.29, 1.82) is 0 Å². The van der Waals surface area contributed by atoms with Gasteiger partial charge in [0.25, 0.3) is 5.91 Å². The standard InChI is InChI=1S/C19H29N3O7/c1-12(15(23)20-13(2)16(24)27-6)21-17(25)28-11-14-7-9-22(10-8-14)18(26)29-19(3,4)5/h14H,1-2,7-11H2,3-6H3,(H,20,23)(H,21,25). The predicted molar refractivity (Wildman–Crippen MR) is 103 cm³/mol. The first-order chi connectivity index (χ1) is 13.4. The lowest BCUT2D eigenvalue weighted by molar-refractivity contribution is -0.137. The number of piperidine rings is 1. The molecule has 1 aliphatic rings. The minimum Gasteiger partial charge on any atom is -0.464 e. The van der Waals surface area contributed by atoms with Gasteiger partial charge in [-0.15, -0.1) is 0 Å². The monoisotopic (exact) mass is 411 g/mol. The van der Waals surface area contributed by atoms with Crippen molar-refractivity contribution in [3.63, 3.8) is 0 Å². The molecule has 2 N–H and O–H groups in total. The number of alkyl carbamates (subject to hydrolysis) is 1. The van der Waals surface area contributed by atoms with E-state index in [1.54, 1.807) is 4.90 Å². The van der Waals surface area contributed by atoms with Crippen LogP contribution in [-0.4, -0.2) is 61.4 Å². The molecule has 0 aromatic rings. The van der Waals surface area contributed by atoms with E-state index >= 15 is 0 Å². The molecule has 3 amide bonds. The second-order valence-electron chi connectivity index (χ2n) is 7.54. The molecule has 1 saturated heterocycles. The molecule has 10 heteroatoms. The number of nitrogens with zero attached hydrogens (tertiary/aromatic N) is 1. The van der Waals surface area contributed by atoms with Gasteiger partial charge >= 0.3 is 18.2 Å². The topological polar surface area (TPSA) is 123 Å². The molecule has 0 aromatic heterocycles. The van der Waals surface area contributed by atoms with Crippen LogP contribution in [0, 0.1) is 5.92 Å². The number of ether oxygens (including phenoxy) is 3. The largest absolute Gasteiger partial charge is 0.464 e. The maximum atomic E-state index is 12.0. The molecule has 1 heterocycles. The highest BCUT2D eigenvalue weighted by molar-refractivity contribution is 6.01. The summed E-state index contributed by atoms with van der Waals surface area (Å²) in [4.78, 5) is 48.5. The van der Waals surface area contributed by atoms with E-state index in [1.165, 1.54) is 0 Å². The number of carbonyl (C=O) groups excluding carboxylic acids is 4. The highest BCUT2D eigenvalue weighted by Gasteiger charge is 2.27. The Morgan fingerprint density at radius 3 is 2.14 bits per heavy atom. The third-order valence-corrected chi connectivity index (χ3v) is 3.94. The van der Waals surface area contributed by atoms with Crippen molar-refractivity contribution in [2.45, 2.75) is 39.2 Å². The van der Waals surface area contributed by atoms with E-state index in [9.17, 15) is 19.2 Å². The Morgan fingerprint density at radius 2 is 1.62 bits per heavy atom. The zero-order chi connectivity index (χ0) is 22.2. The van der Waals surface area contributed by atoms with E-state index in [1.807, 2.05) is 20.8 Å². The second-order valence-corrected chi connectivity index (χ2v) is 7.54. The number of esters is 1. The highest BCUT2D eigenvalue weighted by atomic mass is 16.6. The average molecular weight is 411 g/mol. The van der Waals surface area contributed by atoms with Crippen LogP contribution in [0.3, 0.4) is 0 Å². The number of methoxy groups -OCH3 is 1. The lowest BCUT2D eigenvalue weighted by atomic mass is 9.98. The van der Waals surface area contributed by atoms with Crippen LogP contribution < -0.4 is 10.6 Å². The van der Waals surface area contributed by atoms with Crippen LogP contribution in [0.2, 0.25) is 0 Å². The van der Waals surface area contributed by atoms with Gasteiger partial charge in [0.1, 0.15) is 17.0 Å². The molecule has 0 bridgehead atoms. The first-order valence-electron chi connectivity index (χ1n) is 9.12. The number of amides is 3. The second kappa shape index (κ2) is 10.5. The summed E-state index contributed by atoms with van der Waals surface area (Å²) in [6.45, 7) is 13.3. The molecule has 0 saturated carbocycles. The van der Waals surface area contributed by atoms with Crippen molar-refractivity contribution in [1.82, 2.24) is 15.5 Å². The Kier molecular flexibility index (Phi) is 8.68. The number of hydrogen-bond acceptors (Lipinski definition) is 7. The molecule has 0 atom stereocenters. The van der Waals surface area contributed by atoms with E-state index in [0.717, 1.165) is 7.11 Å². The summed E-state index contributed by atoms with van der Waals surface area (Å²) in [5.74, 6) is -1.55. The van der Waals surface area contributed by atoms with E-state index in [4.69, 9.17) is 9.47 Å². The zero-order valence-electron chi connectivity index (χ0n) is 17.3. The van der Waals surface area contributed by atoms with Crippen molar-refractivity contribution in [2.75, 3.05) is 26.8 Å². The van der Waals surface area contributed by atoms with E-state index in [2.05, 4.69) is 28.5 Å². The molecule has 0 spiro atoms. The summed E-state index contributed by atoms with van der Waals surface area (Å²) in [5.41, 5.74) is -1.14. The minimum absolute atomic E-state index is 0.0839. The number of likely N-dealkylation sites (tertiary alicyclic amines) is 1. The summed E-state index contributed by atoms with van der Waals surface area (Å²) in [7, 11) is 1.14. The first-order valence-corrected chi connectivity index (χ1v) is 9.12. The molecule has 0 radical (unpaired) electrons. The predicted octanol–water partition coefficient (Wildman–Crippen LogP) is 1.68. The number of carbonyl (C=O) groups is 4. The molecular formula is C19H29N3O7. The quantitative estimate of drug-likeness (QED) is 0.387. The number of rotatable bonds is 6. The lowest BCUT2D eigenvalue weighted by Crippen LogP contribution is -2.42. The van der Waals surface area contributed by atoms with Gasteiger partial charge in [0.05, 0.1) is 13.7 Å². The molecule has 1 fully saturated rings. The Bertz CT molecular complexity index is 674. The van der Waals surface area contributed by atoms with Gasteiger partial charge in [-0.3, -0.25) is 10.1 Å². The van der Waals surface area contributed by atoms with Crippen molar-refractivity contribution < 1.29 is 33.4 Å². The summed E-state index contributed by atoms with van der Waals surface area (Å²) >= 11 is 0. The maximum absolute atomic E-state index is 12.0. The van der Waals surface area contributed by atoms with Gasteiger partial charge in [0.2, 0.25) is 0 Å². The van der Waals surface area contributed by atoms with Crippen molar-refractivity contribution in [3.8, 4) is 0 Å². The fourth-order valence-electron chi connectivity index (χ4n) is 2.40. The van der Waals surface area contributed by atoms with E-state index < -0.39 is 23.6 Å². The van der Waals surface area contributed by atoms with Crippen molar-refractivity contribution in [3.05, 3.63) is 24.6 Å². The highest BCUT2D eigenvalue weighted by Crippen LogP contribution is 2.20. The molecule has 0 aromatic carbocycles. The Morgan fingerprint density at radius 1 is 1.03 bits per heavy atom. The van der Waals surface area contributed by atoms with Crippen LogP contribution in [0.25, 0.3) is 0 Å².